The Balaban J connectivity index is 2.60. The molecule has 5 nitrogen and oxygen atoms in total. The first-order valence-corrected chi connectivity index (χ1v) is 10.4. The summed E-state index contributed by atoms with van der Waals surface area (Å²) >= 11 is 1.73. The third-order valence-electron chi connectivity index (χ3n) is 3.59. The van der Waals surface area contributed by atoms with Crippen molar-refractivity contribution in [2.45, 2.75) is 18.0 Å². The van der Waals surface area contributed by atoms with Crippen molar-refractivity contribution in [3.63, 3.8) is 0 Å². The molecule has 0 saturated heterocycles. The Morgan fingerprint density at radius 1 is 1.35 bits per heavy atom. The van der Waals surface area contributed by atoms with Gasteiger partial charge in [0.15, 0.2) is 15.7 Å². The minimum atomic E-state index is -4.49. The van der Waals surface area contributed by atoms with E-state index in [1.54, 1.807) is 41.6 Å². The molecule has 0 radical (unpaired) electrons. The Bertz CT molecular complexity index is 919. The van der Waals surface area contributed by atoms with Crippen LogP contribution in [0.3, 0.4) is 0 Å². The molecule has 140 valence electrons. The van der Waals surface area contributed by atoms with Crippen molar-refractivity contribution in [3.8, 4) is 0 Å². The van der Waals surface area contributed by atoms with Crippen molar-refractivity contribution < 1.29 is 21.6 Å². The van der Waals surface area contributed by atoms with E-state index in [9.17, 15) is 21.6 Å². The number of nitrogens with zero attached hydrogens (tertiary/aromatic N) is 2. The second-order valence-corrected chi connectivity index (χ2v) is 9.10. The van der Waals surface area contributed by atoms with Crippen LogP contribution in [0.1, 0.15) is 12.5 Å². The second-order valence-electron chi connectivity index (χ2n) is 5.34. The summed E-state index contributed by atoms with van der Waals surface area (Å²) in [5.74, 6) is -0.0650. The molecular formula is C16H15F3IN3O2S. The molecule has 26 heavy (non-hydrogen) atoms. The van der Waals surface area contributed by atoms with Crippen molar-refractivity contribution in [1.29, 1.82) is 0 Å². The zero-order chi connectivity index (χ0) is 19.5. The molecule has 0 amide bonds. The van der Waals surface area contributed by atoms with Gasteiger partial charge in [0.05, 0.1) is 16.2 Å². The van der Waals surface area contributed by atoms with Gasteiger partial charge in [0.1, 0.15) is 3.76 Å². The van der Waals surface area contributed by atoms with Crippen LogP contribution in [0.15, 0.2) is 62.2 Å². The van der Waals surface area contributed by atoms with E-state index in [0.717, 1.165) is 6.08 Å². The van der Waals surface area contributed by atoms with Gasteiger partial charge in [-0.05, 0) is 31.9 Å². The maximum atomic E-state index is 13.0. The van der Waals surface area contributed by atoms with E-state index in [2.05, 4.69) is 22.0 Å². The summed E-state index contributed by atoms with van der Waals surface area (Å²) in [7, 11) is -3.58. The summed E-state index contributed by atoms with van der Waals surface area (Å²) in [6.07, 6.45) is -3.56. The normalized spacial score (nSPS) is 16.2. The van der Waals surface area contributed by atoms with Crippen LogP contribution in [0.4, 0.5) is 13.2 Å². The molecule has 1 N–H and O–H groups in total. The fourth-order valence-corrected chi connectivity index (χ4v) is 4.12. The lowest BCUT2D eigenvalue weighted by Gasteiger charge is -2.20. The molecule has 0 aromatic heterocycles. The molecule has 1 aliphatic rings. The number of halogens is 4. The number of nitrogens with one attached hydrogen (secondary N) is 1. The first-order valence-electron chi connectivity index (χ1n) is 7.26. The molecule has 0 saturated carbocycles. The fourth-order valence-electron chi connectivity index (χ4n) is 2.22. The highest BCUT2D eigenvalue weighted by Gasteiger charge is 2.35. The van der Waals surface area contributed by atoms with E-state index in [1.165, 1.54) is 12.1 Å². The topological polar surface area (TPSA) is 70.9 Å². The standard InChI is InChI=1S/C16H15F3IN3O2S/c1-10-13(7-11(8-22-10)16(17,18)19)23-15(21-2)12-5-3-4-6-14(12)26(24,25)9-20/h3-7,22H,2,8-9H2,1H3. The maximum Gasteiger partial charge on any atom is 0.414 e. The zero-order valence-electron chi connectivity index (χ0n) is 13.6. The molecule has 1 aromatic rings. The predicted molar refractivity (Wildman–Crippen MR) is 103 cm³/mol. The van der Waals surface area contributed by atoms with Crippen molar-refractivity contribution in [2.24, 2.45) is 9.98 Å². The van der Waals surface area contributed by atoms with Gasteiger partial charge in [0, 0.05) is 17.8 Å². The molecule has 0 fully saturated rings. The van der Waals surface area contributed by atoms with Crippen LogP contribution in [-0.2, 0) is 9.84 Å². The monoisotopic (exact) mass is 497 g/mol. The van der Waals surface area contributed by atoms with Crippen molar-refractivity contribution in [2.75, 3.05) is 10.3 Å². The van der Waals surface area contributed by atoms with Crippen LogP contribution in [0.5, 0.6) is 0 Å². The van der Waals surface area contributed by atoms with E-state index >= 15 is 0 Å². The molecule has 1 aliphatic heterocycles. The van der Waals surface area contributed by atoms with Gasteiger partial charge < -0.3 is 5.32 Å². The number of sulfone groups is 1. The zero-order valence-corrected chi connectivity index (χ0v) is 16.6. The minimum absolute atomic E-state index is 0.00240. The van der Waals surface area contributed by atoms with E-state index in [0.29, 0.717) is 5.70 Å². The van der Waals surface area contributed by atoms with E-state index in [4.69, 9.17) is 0 Å². The number of allylic oxidation sites excluding steroid dienone is 2. The van der Waals surface area contributed by atoms with Gasteiger partial charge >= 0.3 is 6.18 Å². The van der Waals surface area contributed by atoms with Gasteiger partial charge in [-0.25, -0.2) is 18.4 Å². The Labute approximate surface area is 162 Å². The van der Waals surface area contributed by atoms with Gasteiger partial charge in [-0.2, -0.15) is 13.2 Å². The smallest absolute Gasteiger partial charge is 0.383 e. The third kappa shape index (κ3) is 4.53. The van der Waals surface area contributed by atoms with Crippen LogP contribution < -0.4 is 5.32 Å². The average molecular weight is 497 g/mol. The summed E-state index contributed by atoms with van der Waals surface area (Å²) in [4.78, 5) is 7.88. The highest BCUT2D eigenvalue weighted by molar-refractivity contribution is 14.1. The van der Waals surface area contributed by atoms with Crippen molar-refractivity contribution >= 4 is 45.0 Å². The van der Waals surface area contributed by atoms with Gasteiger partial charge in [-0.15, -0.1) is 0 Å². The lowest BCUT2D eigenvalue weighted by molar-refractivity contribution is -0.0930. The van der Waals surface area contributed by atoms with Crippen molar-refractivity contribution in [1.82, 2.24) is 5.32 Å². The molecule has 0 spiro atoms. The maximum absolute atomic E-state index is 13.0. The summed E-state index contributed by atoms with van der Waals surface area (Å²) in [5, 5.41) is 2.63. The molecule has 0 bridgehead atoms. The van der Waals surface area contributed by atoms with Gasteiger partial charge in [0.25, 0.3) is 0 Å². The SMILES string of the molecule is C=NC(=NC1=C(C)NCC(C(F)(F)F)=C1)c1ccccc1S(=O)(=O)CI. The van der Waals surface area contributed by atoms with E-state index in [1.807, 2.05) is 0 Å². The summed E-state index contributed by atoms with van der Waals surface area (Å²) in [6.45, 7) is 4.61. The number of amidine groups is 1. The molecular weight excluding hydrogens is 482 g/mol. The van der Waals surface area contributed by atoms with Gasteiger partial charge in [-0.1, -0.05) is 34.7 Å². The number of hydrogen-bond acceptors (Lipinski definition) is 4. The van der Waals surface area contributed by atoms with Crippen molar-refractivity contribution in [3.05, 3.63) is 52.9 Å². The summed E-state index contributed by atoms with van der Waals surface area (Å²) in [6, 6.07) is 6.05. The number of alkyl halides is 4. The average Bonchev–Trinajstić information content (AvgIpc) is 2.60. The number of benzene rings is 1. The molecule has 2 rings (SSSR count). The number of rotatable bonds is 4. The predicted octanol–water partition coefficient (Wildman–Crippen LogP) is 3.62. The van der Waals surface area contributed by atoms with Crippen LogP contribution in [0.2, 0.25) is 0 Å². The highest BCUT2D eigenvalue weighted by atomic mass is 127. The number of hydrogen-bond donors (Lipinski definition) is 1. The number of aliphatic imine (C=N–C) groups is 2. The molecule has 1 aromatic carbocycles. The van der Waals surface area contributed by atoms with Gasteiger partial charge in [0.2, 0.25) is 0 Å². The van der Waals surface area contributed by atoms with Crippen LogP contribution in [0, 0.1) is 0 Å². The third-order valence-corrected chi connectivity index (χ3v) is 7.36. The second kappa shape index (κ2) is 7.91. The molecule has 10 heteroatoms. The number of dihydropyridines is 1. The van der Waals surface area contributed by atoms with Gasteiger partial charge in [-0.3, -0.25) is 0 Å². The molecule has 0 atom stereocenters. The minimum Gasteiger partial charge on any atom is -0.383 e. The molecule has 0 unspecified atom stereocenters. The summed E-state index contributed by atoms with van der Waals surface area (Å²) in [5.41, 5.74) is -0.147. The lowest BCUT2D eigenvalue weighted by atomic mass is 10.1. The Morgan fingerprint density at radius 3 is 2.58 bits per heavy atom. The van der Waals surface area contributed by atoms with E-state index in [-0.39, 0.29) is 32.3 Å². The Hall–Kier alpha value is -1.69. The highest BCUT2D eigenvalue weighted by Crippen LogP contribution is 2.30. The first-order chi connectivity index (χ1) is 12.1. The Kier molecular flexibility index (Phi) is 6.27. The molecule has 0 aliphatic carbocycles. The van der Waals surface area contributed by atoms with Crippen LogP contribution >= 0.6 is 22.6 Å². The van der Waals surface area contributed by atoms with E-state index < -0.39 is 21.6 Å². The lowest BCUT2D eigenvalue weighted by Crippen LogP contribution is -2.28. The molecule has 1 heterocycles. The first kappa shape index (κ1) is 20.6. The fraction of sp³-hybridized carbons (Fsp3) is 0.250. The van der Waals surface area contributed by atoms with Crippen LogP contribution in [-0.4, -0.2) is 37.5 Å². The van der Waals surface area contributed by atoms with Crippen LogP contribution in [0.25, 0.3) is 0 Å². The Morgan fingerprint density at radius 2 is 2.00 bits per heavy atom. The quantitative estimate of drug-likeness (QED) is 0.299. The largest absolute Gasteiger partial charge is 0.414 e. The summed E-state index contributed by atoms with van der Waals surface area (Å²) < 4.78 is 63.3.